The molecular formula is C20H25NO. The fraction of sp³-hybridized carbons (Fsp3) is 0.850. The highest BCUT2D eigenvalue weighted by Gasteiger charge is 2.88. The molecule has 0 amide bonds. The number of piperidine rings is 2. The summed E-state index contributed by atoms with van der Waals surface area (Å²) in [6.45, 7) is 8.24. The van der Waals surface area contributed by atoms with Crippen molar-refractivity contribution in [2.24, 2.45) is 39.9 Å². The van der Waals surface area contributed by atoms with Crippen molar-refractivity contribution in [1.29, 1.82) is 0 Å². The molecule has 2 nitrogen and oxygen atoms in total. The maximum absolute atomic E-state index is 13.4. The normalized spacial score (nSPS) is 71.8. The molecule has 0 radical (unpaired) electrons. The lowest BCUT2D eigenvalue weighted by molar-refractivity contribution is -0.159. The maximum Gasteiger partial charge on any atom is 0.144 e. The van der Waals surface area contributed by atoms with E-state index in [1.807, 2.05) is 0 Å². The number of hydrogen-bond acceptors (Lipinski definition) is 2. The minimum absolute atomic E-state index is 0.238. The number of ketones is 1. The lowest BCUT2D eigenvalue weighted by atomic mass is 9.41. The molecule has 6 aliphatic carbocycles. The van der Waals surface area contributed by atoms with Gasteiger partial charge in [-0.2, -0.15) is 0 Å². The molecule has 9 rings (SSSR count). The van der Waals surface area contributed by atoms with E-state index in [9.17, 15) is 4.79 Å². The SMILES string of the molecule is C=C1CC23CC4C5C6(C)CCCC57C(C2CC1C(=O)C37)N4C6. The van der Waals surface area contributed by atoms with Crippen LogP contribution in [-0.4, -0.2) is 29.3 Å². The fourth-order valence-electron chi connectivity index (χ4n) is 10.2. The number of allylic oxidation sites excluding steroid dienone is 1. The first-order valence-electron chi connectivity index (χ1n) is 9.50. The first-order chi connectivity index (χ1) is 10.5. The summed E-state index contributed by atoms with van der Waals surface area (Å²) in [5.41, 5.74) is 2.57. The molecule has 116 valence electrons. The number of rotatable bonds is 0. The molecule has 3 aliphatic heterocycles. The first-order valence-corrected chi connectivity index (χ1v) is 9.50. The Balaban J connectivity index is 1.55. The van der Waals surface area contributed by atoms with Gasteiger partial charge in [0.25, 0.3) is 0 Å². The van der Waals surface area contributed by atoms with E-state index in [1.54, 1.807) is 0 Å². The van der Waals surface area contributed by atoms with Gasteiger partial charge >= 0.3 is 0 Å². The van der Waals surface area contributed by atoms with Gasteiger partial charge in [0.1, 0.15) is 5.78 Å². The molecule has 6 saturated carbocycles. The summed E-state index contributed by atoms with van der Waals surface area (Å²) in [5, 5.41) is 0. The number of fused-ring (bicyclic) bond motifs is 1. The van der Waals surface area contributed by atoms with E-state index < -0.39 is 0 Å². The molecule has 10 atom stereocenters. The van der Waals surface area contributed by atoms with Gasteiger partial charge < -0.3 is 0 Å². The van der Waals surface area contributed by atoms with Crippen molar-refractivity contribution in [1.82, 2.24) is 4.90 Å². The molecule has 9 fully saturated rings. The van der Waals surface area contributed by atoms with Crippen LogP contribution in [0.1, 0.15) is 45.4 Å². The monoisotopic (exact) mass is 295 g/mol. The highest BCUT2D eigenvalue weighted by atomic mass is 16.1. The van der Waals surface area contributed by atoms with E-state index in [0.29, 0.717) is 27.9 Å². The number of carbonyl (C=O) groups excluding carboxylic acids is 1. The van der Waals surface area contributed by atoms with Gasteiger partial charge in [-0.3, -0.25) is 9.69 Å². The topological polar surface area (TPSA) is 20.3 Å². The number of nitrogens with zero attached hydrogens (tertiary/aromatic N) is 1. The molecule has 2 spiro atoms. The van der Waals surface area contributed by atoms with Crippen LogP contribution in [0.25, 0.3) is 0 Å². The highest BCUT2D eigenvalue weighted by molar-refractivity contribution is 5.91. The predicted octanol–water partition coefficient (Wildman–Crippen LogP) is 3.03. The first kappa shape index (κ1) is 11.8. The lowest BCUT2D eigenvalue weighted by Crippen LogP contribution is -2.62. The van der Waals surface area contributed by atoms with Crippen LogP contribution in [0.15, 0.2) is 12.2 Å². The second-order valence-corrected chi connectivity index (χ2v) is 10.3. The molecule has 0 aromatic rings. The number of Topliss-reactive ketones (excluding diaryl/α,β-unsaturated/α-hetero) is 1. The molecule has 3 saturated heterocycles. The number of carbonyl (C=O) groups is 1. The minimum atomic E-state index is 0.238. The summed E-state index contributed by atoms with van der Waals surface area (Å²) in [4.78, 5) is 16.4. The maximum atomic E-state index is 13.4. The summed E-state index contributed by atoms with van der Waals surface area (Å²) in [6, 6.07) is 1.59. The molecule has 22 heavy (non-hydrogen) atoms. The van der Waals surface area contributed by atoms with Crippen LogP contribution < -0.4 is 0 Å². The van der Waals surface area contributed by atoms with Gasteiger partial charge in [-0.05, 0) is 54.8 Å². The highest BCUT2D eigenvalue weighted by Crippen LogP contribution is 2.86. The van der Waals surface area contributed by atoms with Crippen molar-refractivity contribution in [3.63, 3.8) is 0 Å². The summed E-state index contributed by atoms with van der Waals surface area (Å²) in [6.07, 6.45) is 7.84. The van der Waals surface area contributed by atoms with Gasteiger partial charge in [0.2, 0.25) is 0 Å². The van der Waals surface area contributed by atoms with Crippen LogP contribution in [0.4, 0.5) is 0 Å². The lowest BCUT2D eigenvalue weighted by Gasteiger charge is -2.61. The average molecular weight is 295 g/mol. The van der Waals surface area contributed by atoms with Gasteiger partial charge in [-0.25, -0.2) is 0 Å². The van der Waals surface area contributed by atoms with Crippen molar-refractivity contribution >= 4 is 5.78 Å². The van der Waals surface area contributed by atoms with Crippen LogP contribution in [0.5, 0.6) is 0 Å². The molecule has 9 aliphatic rings. The Morgan fingerprint density at radius 1 is 1.32 bits per heavy atom. The standard InChI is InChI=1S/C20H25NO/c1-10-7-19-8-13-15-18(2)4-3-5-20(15)16(19)14(22)11(10)6-12(19)17(20)21(13)9-18/h11-13,15-17H,1,3-9H2,2H3. The van der Waals surface area contributed by atoms with Crippen molar-refractivity contribution < 1.29 is 4.79 Å². The van der Waals surface area contributed by atoms with Crippen LogP contribution in [-0.2, 0) is 4.79 Å². The zero-order chi connectivity index (χ0) is 14.6. The quantitative estimate of drug-likeness (QED) is 0.640. The molecule has 0 aromatic heterocycles. The molecular weight excluding hydrogens is 270 g/mol. The molecule has 9 bridgehead atoms. The van der Waals surface area contributed by atoms with E-state index in [0.717, 1.165) is 30.3 Å². The Kier molecular flexibility index (Phi) is 1.56. The van der Waals surface area contributed by atoms with Gasteiger partial charge in [0.15, 0.2) is 0 Å². The van der Waals surface area contributed by atoms with Gasteiger partial charge in [-0.1, -0.05) is 25.5 Å². The largest absolute Gasteiger partial charge is 0.299 e. The van der Waals surface area contributed by atoms with Gasteiger partial charge in [0.05, 0.1) is 0 Å². The second kappa shape index (κ2) is 2.90. The van der Waals surface area contributed by atoms with Crippen molar-refractivity contribution in [3.05, 3.63) is 12.2 Å². The van der Waals surface area contributed by atoms with Crippen LogP contribution in [0, 0.1) is 39.9 Å². The zero-order valence-electron chi connectivity index (χ0n) is 13.5. The van der Waals surface area contributed by atoms with E-state index in [-0.39, 0.29) is 5.92 Å². The number of hydrogen-bond donors (Lipinski definition) is 0. The molecule has 2 heteroatoms. The van der Waals surface area contributed by atoms with Gasteiger partial charge in [0, 0.05) is 35.9 Å². The summed E-state index contributed by atoms with van der Waals surface area (Å²) >= 11 is 0. The van der Waals surface area contributed by atoms with E-state index in [4.69, 9.17) is 0 Å². The van der Waals surface area contributed by atoms with Crippen molar-refractivity contribution in [2.45, 2.75) is 57.5 Å². The van der Waals surface area contributed by atoms with Crippen LogP contribution in [0.3, 0.4) is 0 Å². The third-order valence-electron chi connectivity index (χ3n) is 9.94. The summed E-state index contributed by atoms with van der Waals surface area (Å²) in [7, 11) is 0. The Morgan fingerprint density at radius 2 is 2.18 bits per heavy atom. The van der Waals surface area contributed by atoms with Crippen molar-refractivity contribution in [2.75, 3.05) is 6.54 Å². The van der Waals surface area contributed by atoms with E-state index in [2.05, 4.69) is 18.4 Å². The average Bonchev–Trinajstić information content (AvgIpc) is 2.87. The van der Waals surface area contributed by atoms with Crippen LogP contribution >= 0.6 is 0 Å². The van der Waals surface area contributed by atoms with Crippen molar-refractivity contribution in [3.8, 4) is 0 Å². The zero-order valence-corrected chi connectivity index (χ0v) is 13.5. The third kappa shape index (κ3) is 0.800. The smallest absolute Gasteiger partial charge is 0.144 e. The predicted molar refractivity (Wildman–Crippen MR) is 83.1 cm³/mol. The van der Waals surface area contributed by atoms with E-state index >= 15 is 0 Å². The Morgan fingerprint density at radius 3 is 3.05 bits per heavy atom. The molecule has 10 unspecified atom stereocenters. The molecule has 3 heterocycles. The van der Waals surface area contributed by atoms with Crippen LogP contribution in [0.2, 0.25) is 0 Å². The summed E-state index contributed by atoms with van der Waals surface area (Å²) < 4.78 is 0. The Bertz CT molecular complexity index is 683. The second-order valence-electron chi connectivity index (χ2n) is 10.3. The molecule has 0 N–H and O–H groups in total. The minimum Gasteiger partial charge on any atom is -0.299 e. The fourth-order valence-corrected chi connectivity index (χ4v) is 10.2. The van der Waals surface area contributed by atoms with E-state index in [1.165, 1.54) is 44.2 Å². The Labute approximate surface area is 132 Å². The summed E-state index contributed by atoms with van der Waals surface area (Å²) in [5.74, 6) is 2.98. The Hall–Kier alpha value is -0.630. The van der Waals surface area contributed by atoms with Gasteiger partial charge in [-0.15, -0.1) is 0 Å². The third-order valence-corrected chi connectivity index (χ3v) is 9.94. The molecule has 0 aromatic carbocycles.